The van der Waals surface area contributed by atoms with Gasteiger partial charge in [0.2, 0.25) is 0 Å². The van der Waals surface area contributed by atoms with Crippen molar-refractivity contribution in [3.05, 3.63) is 53.3 Å². The van der Waals surface area contributed by atoms with E-state index in [9.17, 15) is 0 Å². The number of benzene rings is 1. The normalized spacial score (nSPS) is 12.2. The van der Waals surface area contributed by atoms with Gasteiger partial charge in [0.1, 0.15) is 6.10 Å². The van der Waals surface area contributed by atoms with Crippen LogP contribution < -0.4 is 10.5 Å². The van der Waals surface area contributed by atoms with Crippen molar-refractivity contribution in [2.75, 3.05) is 0 Å². The molecule has 1 heterocycles. The molecule has 18 heavy (non-hydrogen) atoms. The van der Waals surface area contributed by atoms with Crippen molar-refractivity contribution in [1.29, 1.82) is 0 Å². The van der Waals surface area contributed by atoms with E-state index in [1.807, 2.05) is 50.2 Å². The molecule has 1 unspecified atom stereocenters. The molecule has 0 spiro atoms. The Balaban J connectivity index is 2.16. The van der Waals surface area contributed by atoms with Crippen LogP contribution in [-0.2, 0) is 6.54 Å². The standard InChI is InChI=1S/C14H17N3O/c1-10-8-13(9-15)17-14(16-10)18-11(2)12-6-4-3-5-7-12/h3-8,11H,9,15H2,1-2H3. The Morgan fingerprint density at radius 3 is 2.61 bits per heavy atom. The van der Waals surface area contributed by atoms with Gasteiger partial charge in [0, 0.05) is 12.2 Å². The molecule has 1 aromatic heterocycles. The van der Waals surface area contributed by atoms with E-state index < -0.39 is 0 Å². The summed E-state index contributed by atoms with van der Waals surface area (Å²) in [6.45, 7) is 4.27. The van der Waals surface area contributed by atoms with Gasteiger partial charge in [0.25, 0.3) is 0 Å². The van der Waals surface area contributed by atoms with E-state index in [1.54, 1.807) is 0 Å². The molecule has 0 aliphatic carbocycles. The Hall–Kier alpha value is -1.94. The average molecular weight is 243 g/mol. The molecule has 2 aromatic rings. The van der Waals surface area contributed by atoms with Gasteiger partial charge in [-0.15, -0.1) is 0 Å². The highest BCUT2D eigenvalue weighted by molar-refractivity contribution is 5.19. The lowest BCUT2D eigenvalue weighted by atomic mass is 10.1. The van der Waals surface area contributed by atoms with Crippen LogP contribution in [0.3, 0.4) is 0 Å². The van der Waals surface area contributed by atoms with Crippen LogP contribution >= 0.6 is 0 Å². The molecule has 0 bridgehead atoms. The molecule has 0 saturated heterocycles. The highest BCUT2D eigenvalue weighted by atomic mass is 16.5. The van der Waals surface area contributed by atoms with Crippen LogP contribution in [0.1, 0.15) is 30.0 Å². The Labute approximate surface area is 107 Å². The Bertz CT molecular complexity index is 514. The molecule has 0 saturated carbocycles. The van der Waals surface area contributed by atoms with Crippen LogP contribution in [0, 0.1) is 6.92 Å². The molecule has 2 rings (SSSR count). The molecule has 1 atom stereocenters. The maximum atomic E-state index is 5.75. The monoisotopic (exact) mass is 243 g/mol. The first-order valence-electron chi connectivity index (χ1n) is 5.95. The fourth-order valence-electron chi connectivity index (χ4n) is 1.71. The summed E-state index contributed by atoms with van der Waals surface area (Å²) in [4.78, 5) is 8.52. The number of nitrogens with two attached hydrogens (primary N) is 1. The predicted molar refractivity (Wildman–Crippen MR) is 70.1 cm³/mol. The average Bonchev–Trinajstić information content (AvgIpc) is 2.39. The second-order valence-electron chi connectivity index (χ2n) is 4.16. The smallest absolute Gasteiger partial charge is 0.317 e. The quantitative estimate of drug-likeness (QED) is 0.895. The molecular formula is C14H17N3O. The second kappa shape index (κ2) is 5.60. The minimum absolute atomic E-state index is 0.0846. The third-order valence-corrected chi connectivity index (χ3v) is 2.65. The number of hydrogen-bond donors (Lipinski definition) is 1. The van der Waals surface area contributed by atoms with Gasteiger partial charge in [-0.1, -0.05) is 30.3 Å². The second-order valence-corrected chi connectivity index (χ2v) is 4.16. The minimum Gasteiger partial charge on any atom is -0.456 e. The molecule has 0 radical (unpaired) electrons. The van der Waals surface area contributed by atoms with E-state index in [-0.39, 0.29) is 6.10 Å². The summed E-state index contributed by atoms with van der Waals surface area (Å²) in [6.07, 6.45) is -0.0846. The summed E-state index contributed by atoms with van der Waals surface area (Å²) >= 11 is 0. The number of hydrogen-bond acceptors (Lipinski definition) is 4. The Morgan fingerprint density at radius 1 is 1.22 bits per heavy atom. The van der Waals surface area contributed by atoms with Crippen LogP contribution in [0.15, 0.2) is 36.4 Å². The zero-order chi connectivity index (χ0) is 13.0. The highest BCUT2D eigenvalue weighted by Gasteiger charge is 2.09. The van der Waals surface area contributed by atoms with E-state index in [2.05, 4.69) is 9.97 Å². The topological polar surface area (TPSA) is 61.0 Å². The number of ether oxygens (including phenoxy) is 1. The molecule has 0 amide bonds. The zero-order valence-corrected chi connectivity index (χ0v) is 10.6. The van der Waals surface area contributed by atoms with Gasteiger partial charge in [-0.25, -0.2) is 4.98 Å². The maximum absolute atomic E-state index is 5.75. The largest absolute Gasteiger partial charge is 0.456 e. The Kier molecular flexibility index (Phi) is 3.89. The van der Waals surface area contributed by atoms with Crippen molar-refractivity contribution in [2.45, 2.75) is 26.5 Å². The van der Waals surface area contributed by atoms with E-state index in [0.717, 1.165) is 17.0 Å². The summed E-state index contributed by atoms with van der Waals surface area (Å²) in [5.41, 5.74) is 8.33. The summed E-state index contributed by atoms with van der Waals surface area (Å²) in [6, 6.07) is 12.2. The van der Waals surface area contributed by atoms with Crippen molar-refractivity contribution in [2.24, 2.45) is 5.73 Å². The lowest BCUT2D eigenvalue weighted by Crippen LogP contribution is -2.09. The zero-order valence-electron chi connectivity index (χ0n) is 10.6. The number of nitrogens with zero attached hydrogens (tertiary/aromatic N) is 2. The van der Waals surface area contributed by atoms with Crippen LogP contribution in [-0.4, -0.2) is 9.97 Å². The SMILES string of the molecule is Cc1cc(CN)nc(OC(C)c2ccccc2)n1. The highest BCUT2D eigenvalue weighted by Crippen LogP contribution is 2.18. The molecular weight excluding hydrogens is 226 g/mol. The van der Waals surface area contributed by atoms with Crippen LogP contribution in [0.2, 0.25) is 0 Å². The van der Waals surface area contributed by atoms with E-state index in [1.165, 1.54) is 0 Å². The molecule has 0 aliphatic rings. The van der Waals surface area contributed by atoms with Gasteiger partial charge in [-0.2, -0.15) is 4.98 Å². The van der Waals surface area contributed by atoms with Crippen molar-refractivity contribution in [1.82, 2.24) is 9.97 Å². The van der Waals surface area contributed by atoms with E-state index >= 15 is 0 Å². The van der Waals surface area contributed by atoms with Gasteiger partial charge < -0.3 is 10.5 Å². The van der Waals surface area contributed by atoms with Gasteiger partial charge in [-0.3, -0.25) is 0 Å². The molecule has 2 N–H and O–H groups in total. The fraction of sp³-hybridized carbons (Fsp3) is 0.286. The summed E-state index contributed by atoms with van der Waals surface area (Å²) < 4.78 is 5.75. The summed E-state index contributed by atoms with van der Waals surface area (Å²) in [5.74, 6) is 0. The predicted octanol–water partition coefficient (Wildman–Crippen LogP) is 2.38. The van der Waals surface area contributed by atoms with Crippen molar-refractivity contribution >= 4 is 0 Å². The first-order chi connectivity index (χ1) is 8.69. The summed E-state index contributed by atoms with van der Waals surface area (Å²) in [5, 5.41) is 0. The van der Waals surface area contributed by atoms with Gasteiger partial charge in [0.15, 0.2) is 0 Å². The third-order valence-electron chi connectivity index (χ3n) is 2.65. The molecule has 94 valence electrons. The Morgan fingerprint density at radius 2 is 1.94 bits per heavy atom. The van der Waals surface area contributed by atoms with Gasteiger partial charge in [-0.05, 0) is 25.5 Å². The lowest BCUT2D eigenvalue weighted by Gasteiger charge is -2.14. The van der Waals surface area contributed by atoms with Crippen molar-refractivity contribution in [3.63, 3.8) is 0 Å². The van der Waals surface area contributed by atoms with Crippen LogP contribution in [0.25, 0.3) is 0 Å². The van der Waals surface area contributed by atoms with Gasteiger partial charge >= 0.3 is 6.01 Å². The minimum atomic E-state index is -0.0846. The molecule has 0 fully saturated rings. The molecule has 1 aromatic carbocycles. The first kappa shape index (κ1) is 12.5. The fourth-order valence-corrected chi connectivity index (χ4v) is 1.71. The number of aromatic nitrogens is 2. The number of rotatable bonds is 4. The number of aryl methyl sites for hydroxylation is 1. The third kappa shape index (κ3) is 3.05. The maximum Gasteiger partial charge on any atom is 0.317 e. The van der Waals surface area contributed by atoms with Crippen molar-refractivity contribution < 1.29 is 4.74 Å². The lowest BCUT2D eigenvalue weighted by molar-refractivity contribution is 0.206. The summed E-state index contributed by atoms with van der Waals surface area (Å²) in [7, 11) is 0. The molecule has 0 aliphatic heterocycles. The van der Waals surface area contributed by atoms with E-state index in [4.69, 9.17) is 10.5 Å². The van der Waals surface area contributed by atoms with Crippen LogP contribution in [0.4, 0.5) is 0 Å². The van der Waals surface area contributed by atoms with Gasteiger partial charge in [0.05, 0.1) is 5.69 Å². The molecule has 4 heteroatoms. The van der Waals surface area contributed by atoms with E-state index in [0.29, 0.717) is 12.6 Å². The molecule has 4 nitrogen and oxygen atoms in total. The van der Waals surface area contributed by atoms with Crippen molar-refractivity contribution in [3.8, 4) is 6.01 Å². The first-order valence-corrected chi connectivity index (χ1v) is 5.95. The van der Waals surface area contributed by atoms with Crippen LogP contribution in [0.5, 0.6) is 6.01 Å².